The van der Waals surface area contributed by atoms with E-state index in [1.165, 1.54) is 18.5 Å². The highest BCUT2D eigenvalue weighted by atomic mass is 32.2. The lowest BCUT2D eigenvalue weighted by Gasteiger charge is -2.09. The molecule has 0 fully saturated rings. The average molecular weight is 216 g/mol. The van der Waals surface area contributed by atoms with Gasteiger partial charge in [-0.1, -0.05) is 0 Å². The minimum atomic E-state index is -3.70. The molecule has 0 spiro atoms. The first-order chi connectivity index (χ1) is 6.39. The summed E-state index contributed by atoms with van der Waals surface area (Å²) in [6.45, 7) is 3.67. The van der Waals surface area contributed by atoms with Crippen LogP contribution < -0.4 is 9.88 Å². The maximum atomic E-state index is 11.0. The summed E-state index contributed by atoms with van der Waals surface area (Å²) in [5, 5.41) is 4.93. The fourth-order valence-corrected chi connectivity index (χ4v) is 1.38. The minimum Gasteiger partial charge on any atom is -0.489 e. The van der Waals surface area contributed by atoms with Crippen LogP contribution >= 0.6 is 0 Å². The molecule has 0 atom stereocenters. The number of nitrogens with zero attached hydrogens (tertiary/aromatic N) is 1. The van der Waals surface area contributed by atoms with Crippen LogP contribution in [-0.4, -0.2) is 19.5 Å². The van der Waals surface area contributed by atoms with Gasteiger partial charge in [-0.15, -0.1) is 0 Å². The van der Waals surface area contributed by atoms with E-state index < -0.39 is 10.0 Å². The van der Waals surface area contributed by atoms with Gasteiger partial charge in [0.15, 0.2) is 0 Å². The maximum absolute atomic E-state index is 11.0. The summed E-state index contributed by atoms with van der Waals surface area (Å²) in [5.74, 6) is 0.395. The first-order valence-electron chi connectivity index (χ1n) is 4.04. The lowest BCUT2D eigenvalue weighted by Crippen LogP contribution is -2.13. The summed E-state index contributed by atoms with van der Waals surface area (Å²) in [7, 11) is -3.70. The Balaban J connectivity index is 3.02. The zero-order valence-corrected chi connectivity index (χ0v) is 8.78. The van der Waals surface area contributed by atoms with Crippen molar-refractivity contribution >= 4 is 10.0 Å². The van der Waals surface area contributed by atoms with E-state index in [1.807, 2.05) is 13.8 Å². The fraction of sp³-hybridized carbons (Fsp3) is 0.375. The van der Waals surface area contributed by atoms with Crippen molar-refractivity contribution in [2.24, 2.45) is 5.14 Å². The van der Waals surface area contributed by atoms with Gasteiger partial charge in [-0.05, 0) is 13.8 Å². The number of aromatic nitrogens is 1. The van der Waals surface area contributed by atoms with E-state index in [0.29, 0.717) is 5.75 Å². The van der Waals surface area contributed by atoms with Gasteiger partial charge in [0.05, 0.1) is 12.3 Å². The number of ether oxygens (including phenoxy) is 1. The third kappa shape index (κ3) is 2.97. The number of primary sulfonamides is 1. The highest BCUT2D eigenvalue weighted by Gasteiger charge is 2.09. The van der Waals surface area contributed by atoms with Crippen molar-refractivity contribution in [1.82, 2.24) is 4.98 Å². The highest BCUT2D eigenvalue weighted by Crippen LogP contribution is 2.15. The van der Waals surface area contributed by atoms with E-state index in [1.54, 1.807) is 0 Å². The first kappa shape index (κ1) is 10.9. The van der Waals surface area contributed by atoms with E-state index in [0.717, 1.165) is 0 Å². The summed E-state index contributed by atoms with van der Waals surface area (Å²) in [6, 6.07) is 1.35. The Morgan fingerprint density at radius 1 is 1.43 bits per heavy atom. The molecule has 0 aliphatic carbocycles. The Kier molecular flexibility index (Phi) is 3.07. The molecule has 6 heteroatoms. The second-order valence-corrected chi connectivity index (χ2v) is 4.63. The molecule has 0 amide bonds. The van der Waals surface area contributed by atoms with E-state index in [9.17, 15) is 8.42 Å². The monoisotopic (exact) mass is 216 g/mol. The summed E-state index contributed by atoms with van der Waals surface area (Å²) >= 11 is 0. The number of hydrogen-bond donors (Lipinski definition) is 1. The molecule has 1 aromatic heterocycles. The molecule has 0 saturated carbocycles. The smallest absolute Gasteiger partial charge is 0.239 e. The third-order valence-electron chi connectivity index (χ3n) is 1.39. The summed E-state index contributed by atoms with van der Waals surface area (Å²) in [5.41, 5.74) is 0. The predicted molar refractivity (Wildman–Crippen MR) is 51.4 cm³/mol. The zero-order valence-electron chi connectivity index (χ0n) is 7.97. The van der Waals surface area contributed by atoms with Gasteiger partial charge in [-0.25, -0.2) is 13.6 Å². The molecule has 1 aromatic rings. The maximum Gasteiger partial charge on any atom is 0.239 e. The molecule has 0 aliphatic rings. The van der Waals surface area contributed by atoms with Gasteiger partial charge in [-0.2, -0.15) is 0 Å². The van der Waals surface area contributed by atoms with Crippen molar-refractivity contribution in [2.75, 3.05) is 0 Å². The molecule has 78 valence electrons. The van der Waals surface area contributed by atoms with Gasteiger partial charge < -0.3 is 4.74 Å². The van der Waals surface area contributed by atoms with Crippen LogP contribution in [0.5, 0.6) is 5.75 Å². The largest absolute Gasteiger partial charge is 0.489 e. The van der Waals surface area contributed by atoms with Crippen LogP contribution in [0, 0.1) is 0 Å². The topological polar surface area (TPSA) is 82.3 Å². The highest BCUT2D eigenvalue weighted by molar-refractivity contribution is 7.89. The molecular formula is C8H12N2O3S. The lowest BCUT2D eigenvalue weighted by atomic mass is 10.4. The average Bonchev–Trinajstić information content (AvgIpc) is 2.01. The SMILES string of the molecule is CC(C)Oc1cncc(S(N)(=O)=O)c1. The Bertz CT molecular complexity index is 414. The van der Waals surface area contributed by atoms with Gasteiger partial charge >= 0.3 is 0 Å². The molecule has 0 radical (unpaired) electrons. The van der Waals surface area contributed by atoms with Crippen molar-refractivity contribution < 1.29 is 13.2 Å². The molecule has 0 aliphatic heterocycles. The molecule has 1 heterocycles. The Labute approximate surface area is 83.0 Å². The molecule has 0 bridgehead atoms. The Morgan fingerprint density at radius 3 is 2.57 bits per heavy atom. The molecule has 0 unspecified atom stereocenters. The van der Waals surface area contributed by atoms with E-state index in [-0.39, 0.29) is 11.0 Å². The standard InChI is InChI=1S/C8H12N2O3S/c1-6(2)13-7-3-8(5-10-4-7)14(9,11)12/h3-6H,1-2H3,(H2,9,11,12). The van der Waals surface area contributed by atoms with Crippen LogP contribution in [0.1, 0.15) is 13.8 Å². The van der Waals surface area contributed by atoms with Crippen molar-refractivity contribution in [3.8, 4) is 5.75 Å². The van der Waals surface area contributed by atoms with Gasteiger partial charge in [0, 0.05) is 12.3 Å². The van der Waals surface area contributed by atoms with Crippen LogP contribution in [0.25, 0.3) is 0 Å². The second-order valence-electron chi connectivity index (χ2n) is 3.07. The number of pyridine rings is 1. The summed E-state index contributed by atoms with van der Waals surface area (Å²) < 4.78 is 27.2. The van der Waals surface area contributed by atoms with Gasteiger partial charge in [0.25, 0.3) is 0 Å². The Hall–Kier alpha value is -1.14. The Morgan fingerprint density at radius 2 is 2.07 bits per heavy atom. The van der Waals surface area contributed by atoms with Crippen molar-refractivity contribution in [1.29, 1.82) is 0 Å². The molecule has 5 nitrogen and oxygen atoms in total. The fourth-order valence-electron chi connectivity index (χ4n) is 0.891. The van der Waals surface area contributed by atoms with E-state index in [4.69, 9.17) is 9.88 Å². The van der Waals surface area contributed by atoms with Crippen LogP contribution in [0.3, 0.4) is 0 Å². The molecule has 14 heavy (non-hydrogen) atoms. The minimum absolute atomic E-state index is 0.0347. The van der Waals surface area contributed by atoms with E-state index >= 15 is 0 Å². The van der Waals surface area contributed by atoms with Crippen molar-refractivity contribution in [3.63, 3.8) is 0 Å². The molecule has 0 saturated heterocycles. The zero-order chi connectivity index (χ0) is 10.8. The van der Waals surface area contributed by atoms with Crippen LogP contribution in [0.2, 0.25) is 0 Å². The van der Waals surface area contributed by atoms with Crippen LogP contribution in [0.15, 0.2) is 23.4 Å². The third-order valence-corrected chi connectivity index (χ3v) is 2.27. The van der Waals surface area contributed by atoms with Crippen LogP contribution in [0.4, 0.5) is 0 Å². The van der Waals surface area contributed by atoms with Gasteiger partial charge in [-0.3, -0.25) is 4.98 Å². The quantitative estimate of drug-likeness (QED) is 0.798. The molecular weight excluding hydrogens is 204 g/mol. The lowest BCUT2D eigenvalue weighted by molar-refractivity contribution is 0.241. The van der Waals surface area contributed by atoms with Crippen LogP contribution in [-0.2, 0) is 10.0 Å². The van der Waals surface area contributed by atoms with E-state index in [2.05, 4.69) is 4.98 Å². The number of nitrogens with two attached hydrogens (primary N) is 1. The summed E-state index contributed by atoms with van der Waals surface area (Å²) in [6.07, 6.45) is 2.59. The number of rotatable bonds is 3. The molecule has 2 N–H and O–H groups in total. The number of sulfonamides is 1. The molecule has 1 rings (SSSR count). The van der Waals surface area contributed by atoms with Gasteiger partial charge in [0.2, 0.25) is 10.0 Å². The second kappa shape index (κ2) is 3.93. The normalized spacial score (nSPS) is 11.7. The first-order valence-corrected chi connectivity index (χ1v) is 5.59. The van der Waals surface area contributed by atoms with Crippen molar-refractivity contribution in [3.05, 3.63) is 18.5 Å². The molecule has 0 aromatic carbocycles. The van der Waals surface area contributed by atoms with Crippen molar-refractivity contribution in [2.45, 2.75) is 24.8 Å². The van der Waals surface area contributed by atoms with Gasteiger partial charge in [0.1, 0.15) is 10.6 Å². The summed E-state index contributed by atoms with van der Waals surface area (Å²) in [4.78, 5) is 3.67. The predicted octanol–water partition coefficient (Wildman–Crippen LogP) is 0.516. The number of hydrogen-bond acceptors (Lipinski definition) is 4.